The maximum absolute atomic E-state index is 4.22. The van der Waals surface area contributed by atoms with Gasteiger partial charge in [-0.3, -0.25) is 0 Å². The van der Waals surface area contributed by atoms with Crippen molar-refractivity contribution >= 4 is 22.2 Å². The summed E-state index contributed by atoms with van der Waals surface area (Å²) in [7, 11) is 2.08. The van der Waals surface area contributed by atoms with Gasteiger partial charge in [-0.2, -0.15) is 0 Å². The summed E-state index contributed by atoms with van der Waals surface area (Å²) < 4.78 is 0. The van der Waals surface area contributed by atoms with Gasteiger partial charge in [0.2, 0.25) is 5.13 Å². The highest BCUT2D eigenvalue weighted by Crippen LogP contribution is 2.20. The Labute approximate surface area is 118 Å². The molecule has 0 aliphatic carbocycles. The first-order chi connectivity index (χ1) is 9.19. The molecule has 1 N–H and O–H groups in total. The van der Waals surface area contributed by atoms with E-state index in [1.165, 1.54) is 11.3 Å². The number of benzene rings is 1. The maximum Gasteiger partial charge on any atom is 0.205 e. The Morgan fingerprint density at radius 2 is 2.16 bits per heavy atom. The summed E-state index contributed by atoms with van der Waals surface area (Å²) in [4.78, 5) is 2.19. The third-order valence-corrected chi connectivity index (χ3v) is 3.67. The van der Waals surface area contributed by atoms with Crippen molar-refractivity contribution in [1.82, 2.24) is 10.2 Å². The highest BCUT2D eigenvalue weighted by Gasteiger charge is 2.07. The molecule has 0 atom stereocenters. The van der Waals surface area contributed by atoms with Crippen molar-refractivity contribution in [3.05, 3.63) is 34.8 Å². The number of anilines is 2. The van der Waals surface area contributed by atoms with Gasteiger partial charge in [0.05, 0.1) is 6.54 Å². The molecule has 4 nitrogen and oxygen atoms in total. The smallest absolute Gasteiger partial charge is 0.205 e. The fraction of sp³-hybridized carbons (Fsp3) is 0.429. The summed E-state index contributed by atoms with van der Waals surface area (Å²) >= 11 is 1.63. The summed E-state index contributed by atoms with van der Waals surface area (Å²) in [5, 5.41) is 13.6. The molecule has 0 saturated heterocycles. The van der Waals surface area contributed by atoms with Crippen LogP contribution in [-0.2, 0) is 6.54 Å². The molecule has 0 radical (unpaired) electrons. The molecule has 1 aromatic heterocycles. The molecule has 0 amide bonds. The van der Waals surface area contributed by atoms with Crippen LogP contribution >= 0.6 is 11.3 Å². The van der Waals surface area contributed by atoms with E-state index in [4.69, 9.17) is 0 Å². The van der Waals surface area contributed by atoms with Gasteiger partial charge >= 0.3 is 0 Å². The molecule has 1 aromatic carbocycles. The molecular weight excluding hydrogens is 256 g/mol. The largest absolute Gasteiger partial charge is 0.368 e. The quantitative estimate of drug-likeness (QED) is 0.879. The lowest BCUT2D eigenvalue weighted by atomic mass is 10.2. The maximum atomic E-state index is 4.22. The number of nitrogens with zero attached hydrogens (tertiary/aromatic N) is 3. The summed E-state index contributed by atoms with van der Waals surface area (Å²) in [6.07, 6.45) is 1.10. The number of nitrogens with one attached hydrogen (secondary N) is 1. The van der Waals surface area contributed by atoms with E-state index in [0.29, 0.717) is 0 Å². The fourth-order valence-corrected chi connectivity index (χ4v) is 2.60. The normalized spacial score (nSPS) is 10.5. The van der Waals surface area contributed by atoms with Gasteiger partial charge in [-0.25, -0.2) is 0 Å². The molecule has 0 aliphatic rings. The minimum atomic E-state index is 0.787. The standard InChI is InChI=1S/C14H20N4S/c1-4-8-15-14-17-16-13(19-14)10-18(3)12-7-5-6-11(2)9-12/h5-7,9H,4,8,10H2,1-3H3,(H,15,17). The average Bonchev–Trinajstić information content (AvgIpc) is 2.84. The van der Waals surface area contributed by atoms with E-state index in [9.17, 15) is 0 Å². The van der Waals surface area contributed by atoms with E-state index in [1.807, 2.05) is 0 Å². The second-order valence-corrected chi connectivity index (χ2v) is 5.68. The molecule has 102 valence electrons. The van der Waals surface area contributed by atoms with Gasteiger partial charge in [0.15, 0.2) is 0 Å². The van der Waals surface area contributed by atoms with E-state index in [-0.39, 0.29) is 0 Å². The Balaban J connectivity index is 1.98. The Kier molecular flexibility index (Phi) is 4.74. The van der Waals surface area contributed by atoms with Gasteiger partial charge in [-0.1, -0.05) is 30.4 Å². The van der Waals surface area contributed by atoms with Crippen LogP contribution in [0.4, 0.5) is 10.8 Å². The van der Waals surface area contributed by atoms with Crippen LogP contribution in [-0.4, -0.2) is 23.8 Å². The molecule has 19 heavy (non-hydrogen) atoms. The first-order valence-corrected chi connectivity index (χ1v) is 7.34. The lowest BCUT2D eigenvalue weighted by Crippen LogP contribution is -2.16. The van der Waals surface area contributed by atoms with Crippen molar-refractivity contribution in [3.63, 3.8) is 0 Å². The van der Waals surface area contributed by atoms with Crippen LogP contribution in [0.1, 0.15) is 23.9 Å². The lowest BCUT2D eigenvalue weighted by Gasteiger charge is -2.17. The molecule has 2 aromatic rings. The van der Waals surface area contributed by atoms with E-state index < -0.39 is 0 Å². The first kappa shape index (κ1) is 13.8. The molecule has 0 saturated carbocycles. The van der Waals surface area contributed by atoms with Gasteiger partial charge in [-0.15, -0.1) is 10.2 Å². The zero-order valence-corrected chi connectivity index (χ0v) is 12.5. The molecule has 0 aliphatic heterocycles. The topological polar surface area (TPSA) is 41.1 Å². The lowest BCUT2D eigenvalue weighted by molar-refractivity contribution is 0.877. The van der Waals surface area contributed by atoms with Crippen LogP contribution < -0.4 is 10.2 Å². The summed E-state index contributed by atoms with van der Waals surface area (Å²) in [5.41, 5.74) is 2.48. The predicted octanol–water partition coefficient (Wildman–Crippen LogP) is 3.30. The third kappa shape index (κ3) is 3.92. The Hall–Kier alpha value is -1.62. The average molecular weight is 276 g/mol. The van der Waals surface area contributed by atoms with Crippen molar-refractivity contribution in [3.8, 4) is 0 Å². The van der Waals surface area contributed by atoms with Gasteiger partial charge in [-0.05, 0) is 31.0 Å². The fourth-order valence-electron chi connectivity index (χ4n) is 1.78. The predicted molar refractivity (Wildman–Crippen MR) is 82.0 cm³/mol. The van der Waals surface area contributed by atoms with Crippen molar-refractivity contribution in [1.29, 1.82) is 0 Å². The zero-order valence-electron chi connectivity index (χ0n) is 11.7. The van der Waals surface area contributed by atoms with Crippen molar-refractivity contribution in [2.75, 3.05) is 23.8 Å². The minimum absolute atomic E-state index is 0.787. The highest BCUT2D eigenvalue weighted by molar-refractivity contribution is 7.15. The number of aromatic nitrogens is 2. The SMILES string of the molecule is CCCNc1nnc(CN(C)c2cccc(C)c2)s1. The van der Waals surface area contributed by atoms with E-state index >= 15 is 0 Å². The molecule has 0 unspecified atom stereocenters. The second kappa shape index (κ2) is 6.52. The van der Waals surface area contributed by atoms with Crippen molar-refractivity contribution in [2.24, 2.45) is 0 Å². The Morgan fingerprint density at radius 3 is 2.89 bits per heavy atom. The number of hydrogen-bond donors (Lipinski definition) is 1. The number of aryl methyl sites for hydroxylation is 1. The molecule has 0 spiro atoms. The molecule has 0 bridgehead atoms. The van der Waals surface area contributed by atoms with E-state index in [0.717, 1.165) is 29.6 Å². The van der Waals surface area contributed by atoms with E-state index in [2.05, 4.69) is 65.6 Å². The molecule has 2 rings (SSSR count). The van der Waals surface area contributed by atoms with Crippen LogP contribution in [0.15, 0.2) is 24.3 Å². The number of rotatable bonds is 6. The summed E-state index contributed by atoms with van der Waals surface area (Å²) in [5.74, 6) is 0. The first-order valence-electron chi connectivity index (χ1n) is 6.53. The van der Waals surface area contributed by atoms with Crippen LogP contribution in [0.3, 0.4) is 0 Å². The summed E-state index contributed by atoms with van der Waals surface area (Å²) in [6.45, 7) is 5.98. The van der Waals surface area contributed by atoms with Crippen molar-refractivity contribution < 1.29 is 0 Å². The monoisotopic (exact) mass is 276 g/mol. The van der Waals surface area contributed by atoms with Crippen LogP contribution in [0.5, 0.6) is 0 Å². The Morgan fingerprint density at radius 1 is 1.32 bits per heavy atom. The molecular formula is C14H20N4S. The van der Waals surface area contributed by atoms with Gasteiger partial charge < -0.3 is 10.2 Å². The van der Waals surface area contributed by atoms with Crippen LogP contribution in [0.25, 0.3) is 0 Å². The van der Waals surface area contributed by atoms with Gasteiger partial charge in [0.25, 0.3) is 0 Å². The molecule has 0 fully saturated rings. The third-order valence-electron chi connectivity index (χ3n) is 2.81. The van der Waals surface area contributed by atoms with Gasteiger partial charge in [0.1, 0.15) is 5.01 Å². The summed E-state index contributed by atoms with van der Waals surface area (Å²) in [6, 6.07) is 8.48. The van der Waals surface area contributed by atoms with Gasteiger partial charge in [0, 0.05) is 19.3 Å². The second-order valence-electron chi connectivity index (χ2n) is 4.62. The zero-order chi connectivity index (χ0) is 13.7. The van der Waals surface area contributed by atoms with Crippen LogP contribution in [0.2, 0.25) is 0 Å². The number of hydrogen-bond acceptors (Lipinski definition) is 5. The molecule has 5 heteroatoms. The minimum Gasteiger partial charge on any atom is -0.368 e. The Bertz CT molecular complexity index is 524. The van der Waals surface area contributed by atoms with Crippen LogP contribution in [0, 0.1) is 6.92 Å². The van der Waals surface area contributed by atoms with Crippen molar-refractivity contribution in [2.45, 2.75) is 26.8 Å². The molecule has 1 heterocycles. The van der Waals surface area contributed by atoms with E-state index in [1.54, 1.807) is 11.3 Å². The highest BCUT2D eigenvalue weighted by atomic mass is 32.1.